The molecule has 4 aliphatic carbocycles. The molecule has 0 amide bonds. The van der Waals surface area contributed by atoms with E-state index in [0.717, 1.165) is 84.6 Å². The van der Waals surface area contributed by atoms with Gasteiger partial charge in [-0.05, 0) is 126 Å². The zero-order chi connectivity index (χ0) is 49.7. The summed E-state index contributed by atoms with van der Waals surface area (Å²) < 4.78 is 9.35. The maximum Gasteiger partial charge on any atom is 0.135 e. The average Bonchev–Trinajstić information content (AvgIpc) is 3.99. The van der Waals surface area contributed by atoms with Crippen LogP contribution in [0.3, 0.4) is 0 Å². The molecule has 0 radical (unpaired) electrons. The Morgan fingerprint density at radius 1 is 0.573 bits per heavy atom. The minimum atomic E-state index is -0.189. The first-order valence-corrected chi connectivity index (χ1v) is 26.7. The summed E-state index contributed by atoms with van der Waals surface area (Å²) >= 11 is 0. The third-order valence-corrected chi connectivity index (χ3v) is 17.2. The monoisotopic (exact) mass is 1150 g/mol. The number of benzene rings is 8. The van der Waals surface area contributed by atoms with E-state index < -0.39 is 0 Å². The SMILES string of the molecule is Cc1ccc(C2(c3ccnc(-n4c5[c-]c(Oc6[c-]c(N7[CH-]N(c8c(-c9ccccc9)cccc8-c8ccccc8)c8ccccc87)cc(C(C)(C)C)c6)ccc5c5ccccc54)c3)C3CC4CC(C3)CC2C4)cc1.[Pt]. The average molecular weight is 1160 g/mol. The second-order valence-electron chi connectivity index (χ2n) is 22.6. The van der Waals surface area contributed by atoms with Gasteiger partial charge in [-0.15, -0.1) is 53.6 Å². The molecule has 5 nitrogen and oxygen atoms in total. The number of aryl methyl sites for hydroxylation is 1. The maximum absolute atomic E-state index is 7.03. The Bertz CT molecular complexity index is 3680. The van der Waals surface area contributed by atoms with Crippen molar-refractivity contribution in [3.05, 3.63) is 235 Å². The van der Waals surface area contributed by atoms with E-state index in [4.69, 9.17) is 9.72 Å². The molecule has 0 atom stereocenters. The van der Waals surface area contributed by atoms with Crippen molar-refractivity contribution in [2.24, 2.45) is 23.7 Å². The minimum Gasteiger partial charge on any atom is -0.509 e. The number of anilines is 4. The summed E-state index contributed by atoms with van der Waals surface area (Å²) in [5.41, 5.74) is 15.9. The fourth-order valence-corrected chi connectivity index (χ4v) is 14.1. The van der Waals surface area contributed by atoms with E-state index in [1.165, 1.54) is 54.2 Å². The van der Waals surface area contributed by atoms with Crippen molar-refractivity contribution in [3.63, 3.8) is 0 Å². The molecule has 1 aliphatic heterocycles. The van der Waals surface area contributed by atoms with Crippen molar-refractivity contribution < 1.29 is 25.8 Å². The van der Waals surface area contributed by atoms with Gasteiger partial charge >= 0.3 is 0 Å². The molecular formula is C69H59N4OPt-3. The van der Waals surface area contributed by atoms with E-state index in [-0.39, 0.29) is 31.9 Å². The standard InChI is InChI=1S/C69H59N4O.Pt/c1-45-26-28-50(29-27-45)69(53-35-46-34-47(37-53)38-54(69)36-46)51-32-33-70-66(41-51)73-62-23-12-11-20-60(62)61-31-30-56(43-65(61)73)74-57-40-52(68(2,3)4)39-55(42-57)71-44-72(64-25-14-13-24-63(64)71)67-58(48-16-7-5-8-17-48)21-15-22-59(67)49-18-9-6-10-19-49;/h5-33,39-41,44,46-47,53-54H,34-38H2,1-4H3;/q-3;. The first kappa shape index (κ1) is 47.5. The van der Waals surface area contributed by atoms with Crippen LogP contribution in [0, 0.1) is 49.4 Å². The van der Waals surface area contributed by atoms with E-state index in [9.17, 15) is 0 Å². The second kappa shape index (κ2) is 18.6. The zero-order valence-corrected chi connectivity index (χ0v) is 45.2. The van der Waals surface area contributed by atoms with Crippen LogP contribution in [0.1, 0.15) is 75.1 Å². The van der Waals surface area contributed by atoms with Gasteiger partial charge in [0.25, 0.3) is 0 Å². The first-order valence-electron chi connectivity index (χ1n) is 26.7. The van der Waals surface area contributed by atoms with E-state index in [1.807, 2.05) is 0 Å². The molecule has 15 rings (SSSR count). The molecule has 0 spiro atoms. The Morgan fingerprint density at radius 3 is 1.87 bits per heavy atom. The number of fused-ring (bicyclic) bond motifs is 4. The predicted molar refractivity (Wildman–Crippen MR) is 303 cm³/mol. The fraction of sp³-hybridized carbons (Fsp3) is 0.217. The van der Waals surface area contributed by atoms with Gasteiger partial charge < -0.3 is 19.1 Å². The molecule has 75 heavy (non-hydrogen) atoms. The van der Waals surface area contributed by atoms with E-state index in [0.29, 0.717) is 23.3 Å². The van der Waals surface area contributed by atoms with E-state index >= 15 is 0 Å². The topological polar surface area (TPSA) is 33.5 Å². The molecule has 4 fully saturated rings. The Hall–Kier alpha value is -7.20. The number of hydrogen-bond donors (Lipinski definition) is 0. The number of hydrogen-bond acceptors (Lipinski definition) is 4. The number of para-hydroxylation sites is 4. The van der Waals surface area contributed by atoms with Gasteiger partial charge in [0.2, 0.25) is 0 Å². The maximum atomic E-state index is 7.03. The Labute approximate surface area is 456 Å². The van der Waals surface area contributed by atoms with Gasteiger partial charge in [0.05, 0.1) is 0 Å². The number of pyridine rings is 1. The van der Waals surface area contributed by atoms with Gasteiger partial charge in [0.15, 0.2) is 0 Å². The number of rotatable bonds is 9. The van der Waals surface area contributed by atoms with Gasteiger partial charge in [-0.2, -0.15) is 6.07 Å². The van der Waals surface area contributed by atoms with Crippen LogP contribution in [-0.4, -0.2) is 9.55 Å². The van der Waals surface area contributed by atoms with Crippen molar-refractivity contribution in [1.29, 1.82) is 0 Å². The zero-order valence-electron chi connectivity index (χ0n) is 42.9. The van der Waals surface area contributed by atoms with Gasteiger partial charge in [0, 0.05) is 77.9 Å². The first-order chi connectivity index (χ1) is 36.2. The smallest absolute Gasteiger partial charge is 0.135 e. The molecule has 2 aromatic heterocycles. The Morgan fingerprint density at radius 2 is 1.20 bits per heavy atom. The fourth-order valence-electron chi connectivity index (χ4n) is 14.1. The van der Waals surface area contributed by atoms with Gasteiger partial charge in [-0.1, -0.05) is 165 Å². The number of aromatic nitrogens is 2. The van der Waals surface area contributed by atoms with Crippen LogP contribution in [0.4, 0.5) is 22.7 Å². The molecule has 374 valence electrons. The van der Waals surface area contributed by atoms with Crippen LogP contribution in [0.5, 0.6) is 11.5 Å². The van der Waals surface area contributed by atoms with Crippen LogP contribution in [0.15, 0.2) is 194 Å². The molecular weight excluding hydrogens is 1100 g/mol. The summed E-state index contributed by atoms with van der Waals surface area (Å²) in [7, 11) is 0. The quantitative estimate of drug-likeness (QED) is 0.135. The summed E-state index contributed by atoms with van der Waals surface area (Å²) in [4.78, 5) is 9.84. The molecule has 0 N–H and O–H groups in total. The molecule has 5 aliphatic rings. The van der Waals surface area contributed by atoms with Crippen LogP contribution in [0.25, 0.3) is 49.9 Å². The van der Waals surface area contributed by atoms with Gasteiger partial charge in [-0.3, -0.25) is 0 Å². The van der Waals surface area contributed by atoms with Crippen molar-refractivity contribution in [3.8, 4) is 39.6 Å². The second-order valence-corrected chi connectivity index (χ2v) is 22.6. The molecule has 0 unspecified atom stereocenters. The molecule has 10 aromatic rings. The van der Waals surface area contributed by atoms with E-state index in [2.05, 4.69) is 255 Å². The molecule has 8 aromatic carbocycles. The van der Waals surface area contributed by atoms with Gasteiger partial charge in [0.1, 0.15) is 5.82 Å². The van der Waals surface area contributed by atoms with Crippen LogP contribution in [-0.2, 0) is 31.9 Å². The van der Waals surface area contributed by atoms with Crippen LogP contribution < -0.4 is 14.5 Å². The largest absolute Gasteiger partial charge is 0.509 e. The third kappa shape index (κ3) is 7.95. The molecule has 0 saturated heterocycles. The predicted octanol–water partition coefficient (Wildman–Crippen LogP) is 17.7. The summed E-state index contributed by atoms with van der Waals surface area (Å²) in [6.07, 6.45) is 8.75. The Kier molecular flexibility index (Phi) is 11.8. The number of nitrogens with zero attached hydrogens (tertiary/aromatic N) is 4. The van der Waals surface area contributed by atoms with Crippen LogP contribution in [0.2, 0.25) is 0 Å². The molecule has 6 heteroatoms. The third-order valence-electron chi connectivity index (χ3n) is 17.2. The molecule has 3 heterocycles. The Balaban J connectivity index is 0.00000541. The summed E-state index contributed by atoms with van der Waals surface area (Å²) in [5.74, 6) is 5.13. The summed E-state index contributed by atoms with van der Waals surface area (Å²) in [6.45, 7) is 11.2. The van der Waals surface area contributed by atoms with Crippen molar-refractivity contribution in [2.45, 2.75) is 70.6 Å². The number of ether oxygens (including phenoxy) is 1. The van der Waals surface area contributed by atoms with Crippen LogP contribution >= 0.6 is 0 Å². The van der Waals surface area contributed by atoms with Crippen molar-refractivity contribution in [2.75, 3.05) is 9.80 Å². The van der Waals surface area contributed by atoms with Crippen molar-refractivity contribution >= 4 is 44.6 Å². The summed E-state index contributed by atoms with van der Waals surface area (Å²) in [5, 5.41) is 2.28. The summed E-state index contributed by atoms with van der Waals surface area (Å²) in [6, 6.07) is 76.0. The molecule has 4 saturated carbocycles. The van der Waals surface area contributed by atoms with E-state index in [1.54, 1.807) is 0 Å². The van der Waals surface area contributed by atoms with Crippen molar-refractivity contribution in [1.82, 2.24) is 9.55 Å². The minimum absolute atomic E-state index is 0. The van der Waals surface area contributed by atoms with Gasteiger partial charge in [-0.25, -0.2) is 4.98 Å². The molecule has 4 bridgehead atoms. The normalized spacial score (nSPS) is 20.6.